The fourth-order valence-corrected chi connectivity index (χ4v) is 2.81. The smallest absolute Gasteiger partial charge is 0.182 e. The molecule has 1 atom stereocenters. The Morgan fingerprint density at radius 2 is 1.91 bits per heavy atom. The van der Waals surface area contributed by atoms with Gasteiger partial charge < -0.3 is 4.74 Å². The summed E-state index contributed by atoms with van der Waals surface area (Å²) in [7, 11) is 0. The molecule has 2 aromatic carbocycles. The number of hydrogen-bond acceptors (Lipinski definition) is 3. The van der Waals surface area contributed by atoms with E-state index in [0.717, 1.165) is 11.1 Å². The summed E-state index contributed by atoms with van der Waals surface area (Å²) in [5.74, 6) is 0.316. The lowest BCUT2D eigenvalue weighted by molar-refractivity contribution is 0.269. The molecule has 6 heteroatoms. The van der Waals surface area contributed by atoms with Gasteiger partial charge in [0, 0.05) is 5.56 Å². The van der Waals surface area contributed by atoms with Crippen LogP contribution in [0, 0.1) is 5.82 Å². The van der Waals surface area contributed by atoms with Gasteiger partial charge in [0.25, 0.3) is 0 Å². The highest BCUT2D eigenvalue weighted by atomic mass is 35.5. The lowest BCUT2D eigenvalue weighted by atomic mass is 10.0. The maximum atomic E-state index is 13.1. The molecule has 1 fully saturated rings. The van der Waals surface area contributed by atoms with Gasteiger partial charge in [-0.05, 0) is 29.8 Å². The van der Waals surface area contributed by atoms with Crippen LogP contribution in [0.1, 0.15) is 5.56 Å². The zero-order valence-corrected chi connectivity index (χ0v) is 12.9. The molecule has 0 amide bonds. The summed E-state index contributed by atoms with van der Waals surface area (Å²) in [4.78, 5) is 4.32. The van der Waals surface area contributed by atoms with Crippen molar-refractivity contribution in [2.75, 3.05) is 6.61 Å². The predicted molar refractivity (Wildman–Crippen MR) is 84.5 cm³/mol. The van der Waals surface area contributed by atoms with E-state index >= 15 is 0 Å². The monoisotopic (exact) mass is 329 g/mol. The van der Waals surface area contributed by atoms with E-state index in [1.54, 1.807) is 23.1 Å². The molecule has 1 unspecified atom stereocenters. The summed E-state index contributed by atoms with van der Waals surface area (Å²) in [5.41, 5.74) is 1.29. The number of epoxide rings is 1. The Bertz CT molecular complexity index is 843. The standard InChI is InChI=1S/C17H13ClFN3O/c18-15-4-2-1-3-14(15)16-20-11-22(21-16)9-17(10-23-17)12-5-7-13(19)8-6-12/h1-8,11H,9-10H2. The van der Waals surface area contributed by atoms with Crippen molar-refractivity contribution in [3.63, 3.8) is 0 Å². The average Bonchev–Trinajstić information content (AvgIpc) is 3.18. The highest BCUT2D eigenvalue weighted by Gasteiger charge is 2.47. The zero-order valence-electron chi connectivity index (χ0n) is 12.1. The highest BCUT2D eigenvalue weighted by molar-refractivity contribution is 6.33. The molecule has 1 saturated heterocycles. The van der Waals surface area contributed by atoms with E-state index < -0.39 is 5.60 Å². The van der Waals surface area contributed by atoms with Crippen LogP contribution in [0.3, 0.4) is 0 Å². The Morgan fingerprint density at radius 1 is 1.17 bits per heavy atom. The van der Waals surface area contributed by atoms with Crippen molar-refractivity contribution in [2.45, 2.75) is 12.1 Å². The zero-order chi connectivity index (χ0) is 15.9. The van der Waals surface area contributed by atoms with Gasteiger partial charge in [-0.3, -0.25) is 0 Å². The van der Waals surface area contributed by atoms with Crippen molar-refractivity contribution in [1.29, 1.82) is 0 Å². The predicted octanol–water partition coefficient (Wildman–Crippen LogP) is 3.66. The first kappa shape index (κ1) is 14.4. The maximum absolute atomic E-state index is 13.1. The topological polar surface area (TPSA) is 43.2 Å². The second kappa shape index (κ2) is 5.44. The summed E-state index contributed by atoms with van der Waals surface area (Å²) >= 11 is 6.17. The second-order valence-electron chi connectivity index (χ2n) is 5.54. The van der Waals surface area contributed by atoms with E-state index in [1.807, 2.05) is 24.3 Å². The number of benzene rings is 2. The molecule has 0 N–H and O–H groups in total. The molecule has 1 aliphatic rings. The minimum Gasteiger partial charge on any atom is -0.362 e. The molecule has 4 rings (SSSR count). The van der Waals surface area contributed by atoms with Crippen molar-refractivity contribution in [1.82, 2.24) is 14.8 Å². The Labute approximate surface area is 137 Å². The van der Waals surface area contributed by atoms with Crippen LogP contribution < -0.4 is 0 Å². The van der Waals surface area contributed by atoms with Gasteiger partial charge in [-0.25, -0.2) is 14.1 Å². The van der Waals surface area contributed by atoms with E-state index in [1.165, 1.54) is 12.1 Å². The van der Waals surface area contributed by atoms with Crippen LogP contribution in [-0.4, -0.2) is 21.4 Å². The Kier molecular flexibility index (Phi) is 3.39. The number of aromatic nitrogens is 3. The molecular formula is C17H13ClFN3O. The van der Waals surface area contributed by atoms with Crippen molar-refractivity contribution in [3.8, 4) is 11.4 Å². The number of nitrogens with zero attached hydrogens (tertiary/aromatic N) is 3. The molecule has 0 aliphatic carbocycles. The van der Waals surface area contributed by atoms with E-state index in [0.29, 0.717) is 24.0 Å². The molecule has 3 aromatic rings. The van der Waals surface area contributed by atoms with Crippen LogP contribution in [0.2, 0.25) is 5.02 Å². The van der Waals surface area contributed by atoms with Gasteiger partial charge in [-0.15, -0.1) is 0 Å². The number of ether oxygens (including phenoxy) is 1. The summed E-state index contributed by atoms with van der Waals surface area (Å²) < 4.78 is 20.4. The molecule has 0 radical (unpaired) electrons. The molecule has 0 bridgehead atoms. The van der Waals surface area contributed by atoms with Crippen LogP contribution in [0.15, 0.2) is 54.9 Å². The van der Waals surface area contributed by atoms with Crippen molar-refractivity contribution in [3.05, 3.63) is 71.3 Å². The summed E-state index contributed by atoms with van der Waals surface area (Å²) in [5, 5.41) is 5.09. The van der Waals surface area contributed by atoms with E-state index in [9.17, 15) is 4.39 Å². The molecule has 2 heterocycles. The van der Waals surface area contributed by atoms with Gasteiger partial charge in [0.1, 0.15) is 17.7 Å². The number of hydrogen-bond donors (Lipinski definition) is 0. The third kappa shape index (κ3) is 2.73. The minimum atomic E-state index is -0.445. The van der Waals surface area contributed by atoms with Crippen LogP contribution >= 0.6 is 11.6 Å². The molecule has 0 saturated carbocycles. The molecule has 4 nitrogen and oxygen atoms in total. The first-order chi connectivity index (χ1) is 11.2. The maximum Gasteiger partial charge on any atom is 0.182 e. The van der Waals surface area contributed by atoms with Crippen molar-refractivity contribution >= 4 is 11.6 Å². The largest absolute Gasteiger partial charge is 0.362 e. The molecule has 23 heavy (non-hydrogen) atoms. The fourth-order valence-electron chi connectivity index (χ4n) is 2.59. The van der Waals surface area contributed by atoms with Gasteiger partial charge >= 0.3 is 0 Å². The third-order valence-electron chi connectivity index (χ3n) is 3.93. The summed E-state index contributed by atoms with van der Waals surface area (Å²) in [6, 6.07) is 13.8. The van der Waals surface area contributed by atoms with Gasteiger partial charge in [-0.1, -0.05) is 35.9 Å². The molecule has 116 valence electrons. The van der Waals surface area contributed by atoms with Gasteiger partial charge in [0.05, 0.1) is 18.2 Å². The van der Waals surface area contributed by atoms with E-state index in [2.05, 4.69) is 10.1 Å². The molecule has 1 aromatic heterocycles. The second-order valence-corrected chi connectivity index (χ2v) is 5.94. The quantitative estimate of drug-likeness (QED) is 0.686. The van der Waals surface area contributed by atoms with Crippen LogP contribution in [-0.2, 0) is 16.9 Å². The molecule has 1 aliphatic heterocycles. The van der Waals surface area contributed by atoms with Gasteiger partial charge in [-0.2, -0.15) is 5.10 Å². The van der Waals surface area contributed by atoms with Crippen LogP contribution in [0.4, 0.5) is 4.39 Å². The Hall–Kier alpha value is -2.24. The van der Waals surface area contributed by atoms with E-state index in [4.69, 9.17) is 16.3 Å². The lowest BCUT2D eigenvalue weighted by Crippen LogP contribution is -2.18. The third-order valence-corrected chi connectivity index (χ3v) is 4.26. The Morgan fingerprint density at radius 3 is 2.61 bits per heavy atom. The summed E-state index contributed by atoms with van der Waals surface area (Å²) in [6.07, 6.45) is 1.66. The first-order valence-electron chi connectivity index (χ1n) is 7.21. The first-order valence-corrected chi connectivity index (χ1v) is 7.58. The summed E-state index contributed by atoms with van der Waals surface area (Å²) in [6.45, 7) is 1.11. The van der Waals surface area contributed by atoms with Crippen molar-refractivity contribution < 1.29 is 9.13 Å². The van der Waals surface area contributed by atoms with Crippen LogP contribution in [0.5, 0.6) is 0 Å². The van der Waals surface area contributed by atoms with Crippen molar-refractivity contribution in [2.24, 2.45) is 0 Å². The minimum absolute atomic E-state index is 0.258. The van der Waals surface area contributed by atoms with Gasteiger partial charge in [0.15, 0.2) is 5.82 Å². The highest BCUT2D eigenvalue weighted by Crippen LogP contribution is 2.40. The van der Waals surface area contributed by atoms with Crippen LogP contribution in [0.25, 0.3) is 11.4 Å². The molecular weight excluding hydrogens is 317 g/mol. The fraction of sp³-hybridized carbons (Fsp3) is 0.176. The van der Waals surface area contributed by atoms with Gasteiger partial charge in [0.2, 0.25) is 0 Å². The average molecular weight is 330 g/mol. The number of halogens is 2. The molecule has 0 spiro atoms. The Balaban J connectivity index is 1.59. The SMILES string of the molecule is Fc1ccc(C2(Cn3cnc(-c4ccccc4Cl)n3)CO2)cc1. The normalized spacial score (nSPS) is 19.7. The number of rotatable bonds is 4. The van der Waals surface area contributed by atoms with E-state index in [-0.39, 0.29) is 5.82 Å². The lowest BCUT2D eigenvalue weighted by Gasteiger charge is -2.11.